The maximum atomic E-state index is 12.8. The third-order valence-electron chi connectivity index (χ3n) is 5.25. The molecule has 1 aromatic carbocycles. The maximum absolute atomic E-state index is 12.8. The van der Waals surface area contributed by atoms with Crippen LogP contribution < -0.4 is 10.1 Å². The van der Waals surface area contributed by atoms with Crippen LogP contribution in [0.25, 0.3) is 0 Å². The van der Waals surface area contributed by atoms with Crippen LogP contribution in [-0.2, 0) is 4.79 Å². The first kappa shape index (κ1) is 17.8. The average molecular weight is 339 g/mol. The Morgan fingerprint density at radius 1 is 1.00 bits per heavy atom. The Balaban J connectivity index is 1.64. The Morgan fingerprint density at radius 3 is 2.24 bits per heavy atom. The predicted octanol–water partition coefficient (Wildman–Crippen LogP) is 5.35. The van der Waals surface area contributed by atoms with E-state index in [9.17, 15) is 4.79 Å². The fraction of sp³-hybridized carbons (Fsp3) is 0.500. The van der Waals surface area contributed by atoms with Gasteiger partial charge in [-0.15, -0.1) is 0 Å². The average Bonchev–Trinajstić information content (AvgIpc) is 3.29. The van der Waals surface area contributed by atoms with Crippen molar-refractivity contribution < 1.29 is 9.53 Å². The van der Waals surface area contributed by atoms with Crippen LogP contribution in [0.15, 0.2) is 48.6 Å². The molecular weight excluding hydrogens is 310 g/mol. The number of rotatable bonds is 4. The van der Waals surface area contributed by atoms with Crippen molar-refractivity contribution in [3.63, 3.8) is 0 Å². The molecule has 2 aliphatic carbocycles. The van der Waals surface area contributed by atoms with Gasteiger partial charge in [0, 0.05) is 5.92 Å². The molecule has 3 heteroatoms. The lowest BCUT2D eigenvalue weighted by atomic mass is 10.1. The molecule has 0 spiro atoms. The third-order valence-corrected chi connectivity index (χ3v) is 5.25. The molecule has 1 saturated carbocycles. The molecule has 1 fully saturated rings. The third kappa shape index (κ3) is 4.75. The second kappa shape index (κ2) is 8.89. The minimum Gasteiger partial charge on any atom is -0.492 e. The van der Waals surface area contributed by atoms with Crippen molar-refractivity contribution in [1.29, 1.82) is 0 Å². The van der Waals surface area contributed by atoms with E-state index < -0.39 is 0 Å². The minimum absolute atomic E-state index is 0.150. The number of para-hydroxylation sites is 2. The van der Waals surface area contributed by atoms with E-state index in [0.29, 0.717) is 18.4 Å². The van der Waals surface area contributed by atoms with Crippen molar-refractivity contribution in [2.24, 2.45) is 17.8 Å². The highest BCUT2D eigenvalue weighted by atomic mass is 16.5. The lowest BCUT2D eigenvalue weighted by Crippen LogP contribution is -2.16. The summed E-state index contributed by atoms with van der Waals surface area (Å²) in [5, 5.41) is 3.11. The topological polar surface area (TPSA) is 38.3 Å². The molecule has 3 rings (SSSR count). The van der Waals surface area contributed by atoms with Crippen LogP contribution >= 0.6 is 0 Å². The number of hydrogen-bond acceptors (Lipinski definition) is 2. The molecule has 0 saturated heterocycles. The van der Waals surface area contributed by atoms with E-state index in [0.717, 1.165) is 50.0 Å². The van der Waals surface area contributed by atoms with Gasteiger partial charge in [0.2, 0.25) is 5.91 Å². The number of nitrogens with one attached hydrogen (secondary N) is 1. The van der Waals surface area contributed by atoms with Gasteiger partial charge in [0.25, 0.3) is 0 Å². The molecule has 1 N–H and O–H groups in total. The van der Waals surface area contributed by atoms with Crippen molar-refractivity contribution in [3.8, 4) is 5.75 Å². The summed E-state index contributed by atoms with van der Waals surface area (Å²) >= 11 is 0. The summed E-state index contributed by atoms with van der Waals surface area (Å²) < 4.78 is 5.62. The van der Waals surface area contributed by atoms with Crippen molar-refractivity contribution in [1.82, 2.24) is 0 Å². The zero-order valence-electron chi connectivity index (χ0n) is 15.1. The largest absolute Gasteiger partial charge is 0.492 e. The Labute approximate surface area is 151 Å². The molecule has 0 radical (unpaired) electrons. The van der Waals surface area contributed by atoms with Gasteiger partial charge in [0.15, 0.2) is 0 Å². The Bertz CT molecular complexity index is 611. The first-order valence-corrected chi connectivity index (χ1v) is 9.64. The van der Waals surface area contributed by atoms with Crippen molar-refractivity contribution in [2.75, 3.05) is 11.9 Å². The van der Waals surface area contributed by atoms with Crippen LogP contribution in [-0.4, -0.2) is 12.5 Å². The number of ether oxygens (including phenoxy) is 1. The predicted molar refractivity (Wildman–Crippen MR) is 103 cm³/mol. The molecule has 0 aromatic heterocycles. The van der Waals surface area contributed by atoms with Crippen LogP contribution in [0.5, 0.6) is 5.75 Å². The number of hydrogen-bond donors (Lipinski definition) is 1. The Kier molecular flexibility index (Phi) is 6.32. The summed E-state index contributed by atoms with van der Waals surface area (Å²) in [5.74, 6) is 2.11. The second-order valence-corrected chi connectivity index (χ2v) is 6.95. The number of carbonyl (C=O) groups excluding carboxylic acids is 1. The quantitative estimate of drug-likeness (QED) is 0.751. The Hall–Kier alpha value is -2.03. The van der Waals surface area contributed by atoms with Crippen LogP contribution in [0.3, 0.4) is 0 Å². The van der Waals surface area contributed by atoms with Crippen LogP contribution in [0.1, 0.15) is 45.4 Å². The molecule has 0 bridgehead atoms. The van der Waals surface area contributed by atoms with E-state index in [1.165, 1.54) is 0 Å². The molecule has 0 aliphatic heterocycles. The van der Waals surface area contributed by atoms with Gasteiger partial charge in [-0.25, -0.2) is 0 Å². The van der Waals surface area contributed by atoms with Gasteiger partial charge in [0.05, 0.1) is 12.3 Å². The molecule has 25 heavy (non-hydrogen) atoms. The molecule has 0 heterocycles. The smallest absolute Gasteiger partial charge is 0.228 e. The normalized spacial score (nSPS) is 28.6. The fourth-order valence-electron chi connectivity index (χ4n) is 3.93. The molecular formula is C22H29NO2. The van der Waals surface area contributed by atoms with Gasteiger partial charge in [-0.2, -0.15) is 0 Å². The zero-order valence-corrected chi connectivity index (χ0v) is 15.1. The van der Waals surface area contributed by atoms with E-state index in [-0.39, 0.29) is 11.8 Å². The summed E-state index contributed by atoms with van der Waals surface area (Å²) in [7, 11) is 0. The summed E-state index contributed by atoms with van der Waals surface area (Å²) in [6.07, 6.45) is 15.8. The van der Waals surface area contributed by atoms with Gasteiger partial charge in [-0.1, -0.05) is 36.4 Å². The highest BCUT2D eigenvalue weighted by molar-refractivity contribution is 5.96. The number of benzene rings is 1. The van der Waals surface area contributed by atoms with Crippen LogP contribution in [0.4, 0.5) is 5.69 Å². The molecule has 0 unspecified atom stereocenters. The molecule has 1 aromatic rings. The van der Waals surface area contributed by atoms with E-state index in [1.54, 1.807) is 0 Å². The highest BCUT2D eigenvalue weighted by Crippen LogP contribution is 2.52. The highest BCUT2D eigenvalue weighted by Gasteiger charge is 2.52. The summed E-state index contributed by atoms with van der Waals surface area (Å²) in [5.41, 5.74) is 0.788. The number of fused-ring (bicyclic) bond motifs is 1. The van der Waals surface area contributed by atoms with Crippen molar-refractivity contribution in [2.45, 2.75) is 45.4 Å². The van der Waals surface area contributed by atoms with E-state index in [2.05, 4.69) is 29.6 Å². The first-order valence-electron chi connectivity index (χ1n) is 9.64. The molecule has 1 amide bonds. The van der Waals surface area contributed by atoms with E-state index in [1.807, 2.05) is 31.2 Å². The van der Waals surface area contributed by atoms with E-state index in [4.69, 9.17) is 4.74 Å². The first-order chi connectivity index (χ1) is 12.3. The lowest BCUT2D eigenvalue weighted by Gasteiger charge is -2.11. The summed E-state index contributed by atoms with van der Waals surface area (Å²) in [6, 6.07) is 7.70. The van der Waals surface area contributed by atoms with Gasteiger partial charge in [-0.05, 0) is 69.4 Å². The summed E-state index contributed by atoms with van der Waals surface area (Å²) in [4.78, 5) is 12.8. The van der Waals surface area contributed by atoms with Gasteiger partial charge in [0.1, 0.15) is 5.75 Å². The number of carbonyl (C=O) groups is 1. The SMILES string of the molecule is CCOc1ccccc1NC(=O)C1[C@H]2CC/C=C\CC/C=C\CC[C@H]12. The molecule has 2 aliphatic rings. The second-order valence-electron chi connectivity index (χ2n) is 6.95. The molecule has 2 atom stereocenters. The van der Waals surface area contributed by atoms with Crippen molar-refractivity contribution in [3.05, 3.63) is 48.6 Å². The summed E-state index contributed by atoms with van der Waals surface area (Å²) in [6.45, 7) is 2.55. The Morgan fingerprint density at radius 2 is 1.60 bits per heavy atom. The lowest BCUT2D eigenvalue weighted by molar-refractivity contribution is -0.117. The van der Waals surface area contributed by atoms with Gasteiger partial charge >= 0.3 is 0 Å². The van der Waals surface area contributed by atoms with Gasteiger partial charge in [-0.3, -0.25) is 4.79 Å². The zero-order chi connectivity index (χ0) is 17.5. The number of anilines is 1. The fourth-order valence-corrected chi connectivity index (χ4v) is 3.93. The van der Waals surface area contributed by atoms with Crippen LogP contribution in [0, 0.1) is 17.8 Å². The minimum atomic E-state index is 0.150. The van der Waals surface area contributed by atoms with Gasteiger partial charge < -0.3 is 10.1 Å². The van der Waals surface area contributed by atoms with Crippen LogP contribution in [0.2, 0.25) is 0 Å². The maximum Gasteiger partial charge on any atom is 0.228 e. The monoisotopic (exact) mass is 339 g/mol. The van der Waals surface area contributed by atoms with E-state index >= 15 is 0 Å². The number of amides is 1. The standard InChI is InChI=1S/C22H29NO2/c1-2-25-20-16-12-11-15-19(20)23-22(24)21-17-13-9-7-5-3-4-6-8-10-14-18(17)21/h5-8,11-12,15-18,21H,2-4,9-10,13-14H2,1H3,(H,23,24)/b7-5-,8-6-/t17-,18-/m0/s1. The van der Waals surface area contributed by atoms with Crippen molar-refractivity contribution >= 4 is 11.6 Å². The number of allylic oxidation sites excluding steroid dienone is 4. The molecule has 3 nitrogen and oxygen atoms in total. The molecule has 134 valence electrons.